The summed E-state index contributed by atoms with van der Waals surface area (Å²) in [5, 5.41) is 0.423. The Hall–Kier alpha value is -1.69. The fourth-order valence-corrected chi connectivity index (χ4v) is 2.01. The van der Waals surface area contributed by atoms with E-state index in [1.54, 1.807) is 45.0 Å². The van der Waals surface area contributed by atoms with Gasteiger partial charge < -0.3 is 14.2 Å². The van der Waals surface area contributed by atoms with Gasteiger partial charge in [0.2, 0.25) is 12.1 Å². The molecule has 0 aliphatic carbocycles. The maximum Gasteiger partial charge on any atom is 0.341 e. The van der Waals surface area contributed by atoms with E-state index in [0.29, 0.717) is 10.6 Å². The number of benzene rings is 1. The summed E-state index contributed by atoms with van der Waals surface area (Å²) in [6.45, 7) is 5.84. The zero-order valence-corrected chi connectivity index (χ0v) is 14.3. The number of rotatable bonds is 9. The van der Waals surface area contributed by atoms with Gasteiger partial charge in [0.05, 0.1) is 6.61 Å². The predicted molar refractivity (Wildman–Crippen MR) is 88.1 cm³/mol. The number of ether oxygens (including phenoxy) is 3. The maximum atomic E-state index is 12.6. The summed E-state index contributed by atoms with van der Waals surface area (Å²) in [5.74, 6) is -1.33. The molecule has 0 saturated carbocycles. The summed E-state index contributed by atoms with van der Waals surface area (Å²) in [6, 6.07) is 6.89. The van der Waals surface area contributed by atoms with E-state index in [2.05, 4.69) is 0 Å². The van der Waals surface area contributed by atoms with Gasteiger partial charge in [-0.05, 0) is 38.5 Å². The Morgan fingerprint density at radius 1 is 1.09 bits per heavy atom. The van der Waals surface area contributed by atoms with E-state index in [9.17, 15) is 9.59 Å². The average Bonchev–Trinajstić information content (AvgIpc) is 2.53. The Morgan fingerprint density at radius 3 is 2.22 bits per heavy atom. The predicted octanol–water partition coefficient (Wildman–Crippen LogP) is 3.25. The number of ketones is 1. The van der Waals surface area contributed by atoms with E-state index < -0.39 is 18.0 Å². The van der Waals surface area contributed by atoms with E-state index in [0.717, 1.165) is 0 Å². The van der Waals surface area contributed by atoms with Crippen molar-refractivity contribution in [1.29, 1.82) is 0 Å². The molecular weight excluding hydrogens is 320 g/mol. The summed E-state index contributed by atoms with van der Waals surface area (Å²) < 4.78 is 15.5. The van der Waals surface area contributed by atoms with Gasteiger partial charge >= 0.3 is 5.97 Å². The van der Waals surface area contributed by atoms with E-state index in [4.69, 9.17) is 25.8 Å². The molecule has 1 aromatic carbocycles. The molecular formula is C17H21ClO5. The van der Waals surface area contributed by atoms with Crippen LogP contribution in [0, 0.1) is 0 Å². The van der Waals surface area contributed by atoms with Gasteiger partial charge in [-0.25, -0.2) is 4.79 Å². The third kappa shape index (κ3) is 5.78. The molecule has 0 spiro atoms. The second kappa shape index (κ2) is 10.2. The van der Waals surface area contributed by atoms with E-state index >= 15 is 0 Å². The molecule has 0 unspecified atom stereocenters. The van der Waals surface area contributed by atoms with Crippen molar-refractivity contribution in [3.63, 3.8) is 0 Å². The van der Waals surface area contributed by atoms with E-state index in [-0.39, 0.29) is 25.4 Å². The van der Waals surface area contributed by atoms with Crippen molar-refractivity contribution in [3.8, 4) is 0 Å². The first-order chi connectivity index (χ1) is 11.0. The Balaban J connectivity index is 3.21. The number of carbonyl (C=O) groups excluding carboxylic acids is 2. The van der Waals surface area contributed by atoms with Gasteiger partial charge in [0.1, 0.15) is 5.57 Å². The SMILES string of the molecule is CCOC(=O)C(=Cc1ccccc1Cl)C(=O)C(OCC)OCC. The van der Waals surface area contributed by atoms with Crippen molar-refractivity contribution < 1.29 is 23.8 Å². The quantitative estimate of drug-likeness (QED) is 0.227. The lowest BCUT2D eigenvalue weighted by molar-refractivity contribution is -0.165. The van der Waals surface area contributed by atoms with Crippen LogP contribution in [0.1, 0.15) is 26.3 Å². The molecule has 126 valence electrons. The standard InChI is InChI=1S/C17H21ClO5/c1-4-21-16(20)13(11-12-9-7-8-10-14(12)18)15(19)17(22-5-2)23-6-3/h7-11,17H,4-6H2,1-3H3. The first-order valence-electron chi connectivity index (χ1n) is 7.45. The van der Waals surface area contributed by atoms with Crippen molar-refractivity contribution in [2.24, 2.45) is 0 Å². The van der Waals surface area contributed by atoms with Gasteiger partial charge in [0.25, 0.3) is 0 Å². The van der Waals surface area contributed by atoms with E-state index in [1.807, 2.05) is 0 Å². The fraction of sp³-hybridized carbons (Fsp3) is 0.412. The van der Waals surface area contributed by atoms with Crippen LogP contribution in [-0.4, -0.2) is 37.9 Å². The topological polar surface area (TPSA) is 61.8 Å². The average molecular weight is 341 g/mol. The summed E-state index contributed by atoms with van der Waals surface area (Å²) in [5.41, 5.74) is 0.379. The minimum atomic E-state index is -1.15. The molecule has 5 nitrogen and oxygen atoms in total. The van der Waals surface area contributed by atoms with Crippen LogP contribution < -0.4 is 0 Å². The Morgan fingerprint density at radius 2 is 1.70 bits per heavy atom. The molecule has 1 rings (SSSR count). The summed E-state index contributed by atoms with van der Waals surface area (Å²) in [4.78, 5) is 24.7. The number of hydrogen-bond acceptors (Lipinski definition) is 5. The van der Waals surface area contributed by atoms with Crippen LogP contribution in [0.15, 0.2) is 29.8 Å². The van der Waals surface area contributed by atoms with E-state index in [1.165, 1.54) is 6.08 Å². The Bertz CT molecular complexity index is 562. The highest BCUT2D eigenvalue weighted by molar-refractivity contribution is 6.32. The minimum Gasteiger partial charge on any atom is -0.462 e. The molecule has 0 fully saturated rings. The molecule has 0 radical (unpaired) electrons. The van der Waals surface area contributed by atoms with Crippen LogP contribution >= 0.6 is 11.6 Å². The molecule has 0 aliphatic rings. The number of carbonyl (C=O) groups is 2. The third-order valence-electron chi connectivity index (χ3n) is 2.82. The van der Waals surface area contributed by atoms with Crippen LogP contribution in [0.25, 0.3) is 6.08 Å². The second-order valence-corrected chi connectivity index (χ2v) is 4.81. The molecule has 0 bridgehead atoms. The van der Waals surface area contributed by atoms with Crippen LogP contribution in [0.4, 0.5) is 0 Å². The van der Waals surface area contributed by atoms with Gasteiger partial charge in [-0.1, -0.05) is 29.8 Å². The second-order valence-electron chi connectivity index (χ2n) is 4.41. The van der Waals surface area contributed by atoms with Crippen molar-refractivity contribution in [1.82, 2.24) is 0 Å². The number of esters is 1. The van der Waals surface area contributed by atoms with Crippen LogP contribution in [0.5, 0.6) is 0 Å². The molecule has 0 aliphatic heterocycles. The smallest absolute Gasteiger partial charge is 0.341 e. The number of Topliss-reactive ketones (excluding diaryl/α,β-unsaturated/α-hetero) is 1. The highest BCUT2D eigenvalue weighted by Gasteiger charge is 2.28. The molecule has 6 heteroatoms. The van der Waals surface area contributed by atoms with Gasteiger partial charge in [0.15, 0.2) is 0 Å². The highest BCUT2D eigenvalue weighted by atomic mass is 35.5. The van der Waals surface area contributed by atoms with Gasteiger partial charge in [0, 0.05) is 18.2 Å². The molecule has 0 atom stereocenters. The number of hydrogen-bond donors (Lipinski definition) is 0. The summed E-state index contributed by atoms with van der Waals surface area (Å²) in [7, 11) is 0. The first-order valence-corrected chi connectivity index (χ1v) is 7.83. The van der Waals surface area contributed by atoms with Gasteiger partial charge in [-0.15, -0.1) is 0 Å². The van der Waals surface area contributed by atoms with Crippen molar-refractivity contribution in [3.05, 3.63) is 40.4 Å². The maximum absolute atomic E-state index is 12.6. The molecule has 1 aromatic rings. The summed E-state index contributed by atoms with van der Waals surface area (Å²) >= 11 is 6.09. The molecule has 0 saturated heterocycles. The lowest BCUT2D eigenvalue weighted by Crippen LogP contribution is -2.32. The number of halogens is 1. The van der Waals surface area contributed by atoms with Crippen molar-refractivity contribution in [2.45, 2.75) is 27.1 Å². The van der Waals surface area contributed by atoms with Gasteiger partial charge in [-0.3, -0.25) is 4.79 Å². The summed E-state index contributed by atoms with van der Waals surface area (Å²) in [6.07, 6.45) is 0.247. The molecule has 23 heavy (non-hydrogen) atoms. The zero-order chi connectivity index (χ0) is 17.2. The molecule has 0 N–H and O–H groups in total. The van der Waals surface area contributed by atoms with Crippen molar-refractivity contribution >= 4 is 29.4 Å². The fourth-order valence-electron chi connectivity index (χ4n) is 1.82. The third-order valence-corrected chi connectivity index (χ3v) is 3.16. The zero-order valence-electron chi connectivity index (χ0n) is 13.5. The van der Waals surface area contributed by atoms with Crippen LogP contribution in [0.2, 0.25) is 5.02 Å². The molecule has 0 heterocycles. The normalized spacial score (nSPS) is 11.6. The van der Waals surface area contributed by atoms with Crippen LogP contribution in [0.3, 0.4) is 0 Å². The Labute approximate surface area is 141 Å². The molecule has 0 aromatic heterocycles. The lowest BCUT2D eigenvalue weighted by Gasteiger charge is -2.17. The largest absolute Gasteiger partial charge is 0.462 e. The van der Waals surface area contributed by atoms with Crippen LogP contribution in [-0.2, 0) is 23.8 Å². The first kappa shape index (κ1) is 19.4. The lowest BCUT2D eigenvalue weighted by atomic mass is 10.1. The Kier molecular flexibility index (Phi) is 8.55. The monoisotopic (exact) mass is 340 g/mol. The van der Waals surface area contributed by atoms with Gasteiger partial charge in [-0.2, -0.15) is 0 Å². The highest BCUT2D eigenvalue weighted by Crippen LogP contribution is 2.20. The van der Waals surface area contributed by atoms with Crippen molar-refractivity contribution in [2.75, 3.05) is 19.8 Å². The molecule has 0 amide bonds. The minimum absolute atomic E-state index is 0.153.